The molecule has 2 heteroatoms. The number of rotatable bonds is 3. The number of carbonyl (C=O) groups is 1. The minimum absolute atomic E-state index is 0.00523. The number of amides is 1. The first-order valence-electron chi connectivity index (χ1n) is 3.83. The summed E-state index contributed by atoms with van der Waals surface area (Å²) in [7, 11) is 1.72. The van der Waals surface area contributed by atoms with Crippen molar-refractivity contribution in [1.29, 1.82) is 0 Å². The van der Waals surface area contributed by atoms with Gasteiger partial charge in [-0.2, -0.15) is 0 Å². The summed E-state index contributed by atoms with van der Waals surface area (Å²) in [6, 6.07) is 0. The zero-order valence-electron chi connectivity index (χ0n) is 7.87. The second-order valence-electron chi connectivity index (χ2n) is 2.40. The lowest BCUT2D eigenvalue weighted by Gasteiger charge is -2.14. The molecule has 0 aliphatic heterocycles. The zero-order chi connectivity index (χ0) is 9.56. The number of likely N-dealkylation sites (N-methyl/N-ethyl adjacent to an activating group) is 1. The molecular weight excluding hydrogens is 150 g/mol. The second-order valence-corrected chi connectivity index (χ2v) is 2.40. The molecule has 66 valence electrons. The monoisotopic (exact) mass is 165 g/mol. The molecule has 0 spiro atoms. The average Bonchev–Trinajstić information content (AvgIpc) is 2.05. The van der Waals surface area contributed by atoms with E-state index in [-0.39, 0.29) is 5.91 Å². The van der Waals surface area contributed by atoms with Gasteiger partial charge < -0.3 is 4.90 Å². The lowest BCUT2D eigenvalue weighted by Crippen LogP contribution is -2.21. The SMILES string of the molecule is C=C/C(=C\C=C/C)N(C)C(C)=O. The molecule has 0 radical (unpaired) electrons. The third-order valence-electron chi connectivity index (χ3n) is 1.53. The van der Waals surface area contributed by atoms with Crippen molar-refractivity contribution < 1.29 is 4.79 Å². The van der Waals surface area contributed by atoms with Crippen molar-refractivity contribution in [2.45, 2.75) is 13.8 Å². The highest BCUT2D eigenvalue weighted by Gasteiger charge is 2.03. The van der Waals surface area contributed by atoms with Crippen molar-refractivity contribution in [3.05, 3.63) is 36.6 Å². The molecule has 0 atom stereocenters. The number of allylic oxidation sites excluding steroid dienone is 4. The van der Waals surface area contributed by atoms with E-state index in [1.165, 1.54) is 6.92 Å². The van der Waals surface area contributed by atoms with Crippen molar-refractivity contribution >= 4 is 5.91 Å². The average molecular weight is 165 g/mol. The van der Waals surface area contributed by atoms with E-state index < -0.39 is 0 Å². The van der Waals surface area contributed by atoms with Gasteiger partial charge in [-0.15, -0.1) is 0 Å². The van der Waals surface area contributed by atoms with Gasteiger partial charge in [0.2, 0.25) is 5.91 Å². The summed E-state index contributed by atoms with van der Waals surface area (Å²) >= 11 is 0. The minimum Gasteiger partial charge on any atom is -0.316 e. The van der Waals surface area contributed by atoms with Gasteiger partial charge in [0.05, 0.1) is 0 Å². The molecule has 0 rings (SSSR count). The van der Waals surface area contributed by atoms with Gasteiger partial charge in [-0.05, 0) is 19.1 Å². The van der Waals surface area contributed by atoms with Crippen LogP contribution in [0.15, 0.2) is 36.6 Å². The Morgan fingerprint density at radius 1 is 1.50 bits per heavy atom. The summed E-state index contributed by atoms with van der Waals surface area (Å²) in [6.07, 6.45) is 7.27. The predicted octanol–water partition coefficient (Wildman–Crippen LogP) is 2.11. The smallest absolute Gasteiger partial charge is 0.223 e. The summed E-state index contributed by atoms with van der Waals surface area (Å²) in [5.74, 6) is 0.00523. The van der Waals surface area contributed by atoms with Crippen LogP contribution in [0.2, 0.25) is 0 Å². The van der Waals surface area contributed by atoms with Gasteiger partial charge in [0.25, 0.3) is 0 Å². The van der Waals surface area contributed by atoms with E-state index in [0.717, 1.165) is 5.70 Å². The Balaban J connectivity index is 4.54. The zero-order valence-corrected chi connectivity index (χ0v) is 7.87. The summed E-state index contributed by atoms with van der Waals surface area (Å²) in [5, 5.41) is 0. The van der Waals surface area contributed by atoms with E-state index >= 15 is 0 Å². The van der Waals surface area contributed by atoms with E-state index in [9.17, 15) is 4.79 Å². The van der Waals surface area contributed by atoms with Gasteiger partial charge in [-0.3, -0.25) is 4.79 Å². The van der Waals surface area contributed by atoms with Gasteiger partial charge in [-0.1, -0.05) is 18.7 Å². The molecule has 0 aliphatic carbocycles. The number of carbonyl (C=O) groups excluding carboxylic acids is 1. The molecule has 0 aliphatic rings. The molecule has 2 nitrogen and oxygen atoms in total. The molecule has 12 heavy (non-hydrogen) atoms. The second kappa shape index (κ2) is 5.35. The van der Waals surface area contributed by atoms with Crippen molar-refractivity contribution in [1.82, 2.24) is 4.90 Å². The van der Waals surface area contributed by atoms with Gasteiger partial charge in [-0.25, -0.2) is 0 Å². The number of hydrogen-bond donors (Lipinski definition) is 0. The highest BCUT2D eigenvalue weighted by molar-refractivity contribution is 5.75. The topological polar surface area (TPSA) is 20.3 Å². The summed E-state index contributed by atoms with van der Waals surface area (Å²) in [4.78, 5) is 12.5. The van der Waals surface area contributed by atoms with Crippen molar-refractivity contribution in [2.24, 2.45) is 0 Å². The fraction of sp³-hybridized carbons (Fsp3) is 0.300. The molecule has 0 aromatic rings. The normalized spacial score (nSPS) is 11.8. The van der Waals surface area contributed by atoms with Crippen LogP contribution in [0.4, 0.5) is 0 Å². The van der Waals surface area contributed by atoms with Crippen LogP contribution in [-0.2, 0) is 4.79 Å². The molecule has 0 saturated heterocycles. The lowest BCUT2D eigenvalue weighted by molar-refractivity contribution is -0.125. The minimum atomic E-state index is 0.00523. The van der Waals surface area contributed by atoms with Crippen molar-refractivity contribution in [2.75, 3.05) is 7.05 Å². The van der Waals surface area contributed by atoms with E-state index in [0.29, 0.717) is 0 Å². The lowest BCUT2D eigenvalue weighted by atomic mass is 10.3. The first kappa shape index (κ1) is 10.7. The van der Waals surface area contributed by atoms with E-state index in [2.05, 4.69) is 6.58 Å². The molecular formula is C10H15NO. The van der Waals surface area contributed by atoms with Crippen molar-refractivity contribution in [3.63, 3.8) is 0 Å². The maximum Gasteiger partial charge on any atom is 0.223 e. The van der Waals surface area contributed by atoms with Gasteiger partial charge in [0.1, 0.15) is 0 Å². The Labute approximate surface area is 73.9 Å². The van der Waals surface area contributed by atoms with Crippen LogP contribution in [0.25, 0.3) is 0 Å². The quantitative estimate of drug-likeness (QED) is 0.586. The summed E-state index contributed by atoms with van der Waals surface area (Å²) < 4.78 is 0. The highest BCUT2D eigenvalue weighted by atomic mass is 16.2. The summed E-state index contributed by atoms with van der Waals surface area (Å²) in [6.45, 7) is 7.06. The Morgan fingerprint density at radius 2 is 2.08 bits per heavy atom. The van der Waals surface area contributed by atoms with Gasteiger partial charge >= 0.3 is 0 Å². The molecule has 0 saturated carbocycles. The van der Waals surface area contributed by atoms with E-state index in [4.69, 9.17) is 0 Å². The van der Waals surface area contributed by atoms with Crippen LogP contribution < -0.4 is 0 Å². The molecule has 1 amide bonds. The maximum atomic E-state index is 10.9. The summed E-state index contributed by atoms with van der Waals surface area (Å²) in [5.41, 5.74) is 0.806. The standard InChI is InChI=1S/C10H15NO/c1-5-7-8-10(6-2)11(4)9(3)12/h5-8H,2H2,1,3-4H3/b7-5-,10-8+. The van der Waals surface area contributed by atoms with Crippen LogP contribution >= 0.6 is 0 Å². The van der Waals surface area contributed by atoms with Crippen LogP contribution in [0.5, 0.6) is 0 Å². The Bertz CT molecular complexity index is 226. The predicted molar refractivity (Wildman–Crippen MR) is 51.5 cm³/mol. The van der Waals surface area contributed by atoms with E-state index in [1.807, 2.05) is 25.2 Å². The molecule has 0 fully saturated rings. The Morgan fingerprint density at radius 3 is 2.42 bits per heavy atom. The van der Waals surface area contributed by atoms with Crippen molar-refractivity contribution in [3.8, 4) is 0 Å². The van der Waals surface area contributed by atoms with Crippen LogP contribution in [0.3, 0.4) is 0 Å². The molecule has 0 aromatic heterocycles. The molecule has 0 aromatic carbocycles. The fourth-order valence-electron chi connectivity index (χ4n) is 0.693. The number of nitrogens with zero attached hydrogens (tertiary/aromatic N) is 1. The highest BCUT2D eigenvalue weighted by Crippen LogP contribution is 2.02. The molecule has 0 unspecified atom stereocenters. The first-order chi connectivity index (χ1) is 5.63. The Kier molecular flexibility index (Phi) is 4.77. The number of hydrogen-bond acceptors (Lipinski definition) is 1. The fourth-order valence-corrected chi connectivity index (χ4v) is 0.693. The van der Waals surface area contributed by atoms with E-state index in [1.54, 1.807) is 18.0 Å². The largest absolute Gasteiger partial charge is 0.316 e. The van der Waals surface area contributed by atoms with Crippen LogP contribution in [0.1, 0.15) is 13.8 Å². The molecule has 0 heterocycles. The third-order valence-corrected chi connectivity index (χ3v) is 1.53. The molecule has 0 N–H and O–H groups in total. The Hall–Kier alpha value is -1.31. The van der Waals surface area contributed by atoms with Crippen LogP contribution in [-0.4, -0.2) is 17.9 Å². The van der Waals surface area contributed by atoms with Gasteiger partial charge in [0, 0.05) is 19.7 Å². The van der Waals surface area contributed by atoms with Crippen LogP contribution in [0, 0.1) is 0 Å². The van der Waals surface area contributed by atoms with Gasteiger partial charge in [0.15, 0.2) is 0 Å². The maximum absolute atomic E-state index is 10.9. The first-order valence-corrected chi connectivity index (χ1v) is 3.83. The third kappa shape index (κ3) is 3.19. The molecule has 0 bridgehead atoms.